The van der Waals surface area contributed by atoms with E-state index in [4.69, 9.17) is 5.73 Å². The fraction of sp³-hybridized carbons (Fsp3) is 0.300. The Kier molecular flexibility index (Phi) is 2.23. The lowest BCUT2D eigenvalue weighted by atomic mass is 10.1. The molecule has 0 radical (unpaired) electrons. The number of rotatable bonds is 2. The predicted octanol–water partition coefficient (Wildman–Crippen LogP) is 0.715. The van der Waals surface area contributed by atoms with Crippen molar-refractivity contribution >= 4 is 5.52 Å². The van der Waals surface area contributed by atoms with E-state index in [1.54, 1.807) is 17.6 Å². The fourth-order valence-corrected chi connectivity index (χ4v) is 1.46. The highest BCUT2D eigenvalue weighted by molar-refractivity contribution is 5.46. The summed E-state index contributed by atoms with van der Waals surface area (Å²) in [5, 5.41) is 14.0. The average molecular weight is 191 g/mol. The van der Waals surface area contributed by atoms with Crippen LogP contribution in [-0.2, 0) is 0 Å². The molecule has 0 spiro atoms. The van der Waals surface area contributed by atoms with Gasteiger partial charge in [0.2, 0.25) is 0 Å². The van der Waals surface area contributed by atoms with E-state index >= 15 is 0 Å². The molecule has 0 amide bonds. The van der Waals surface area contributed by atoms with Crippen molar-refractivity contribution in [3.63, 3.8) is 0 Å². The lowest BCUT2D eigenvalue weighted by molar-refractivity contribution is 0.146. The molecule has 4 heteroatoms. The Labute approximate surface area is 82.0 Å². The maximum absolute atomic E-state index is 9.83. The predicted molar refractivity (Wildman–Crippen MR) is 53.8 cm³/mol. The number of aromatic nitrogens is 2. The number of hydrogen-bond acceptors (Lipinski definition) is 3. The average Bonchev–Trinajstić information content (AvgIpc) is 2.63. The molecule has 2 unspecified atom stereocenters. The first-order chi connectivity index (χ1) is 6.70. The molecule has 0 saturated carbocycles. The van der Waals surface area contributed by atoms with E-state index in [9.17, 15) is 5.11 Å². The Balaban J connectivity index is 2.56. The molecule has 0 aliphatic rings. The number of fused-ring (bicyclic) bond motifs is 1. The van der Waals surface area contributed by atoms with Gasteiger partial charge in [-0.05, 0) is 25.1 Å². The molecule has 0 saturated heterocycles. The second-order valence-electron chi connectivity index (χ2n) is 3.42. The molecule has 0 bridgehead atoms. The molecule has 3 N–H and O–H groups in total. The van der Waals surface area contributed by atoms with Crippen LogP contribution in [0.5, 0.6) is 0 Å². The van der Waals surface area contributed by atoms with Gasteiger partial charge in [0.15, 0.2) is 0 Å². The van der Waals surface area contributed by atoms with Crippen LogP contribution in [0, 0.1) is 0 Å². The van der Waals surface area contributed by atoms with E-state index in [1.165, 1.54) is 0 Å². The van der Waals surface area contributed by atoms with Gasteiger partial charge in [0.1, 0.15) is 6.10 Å². The number of hydrogen-bond donors (Lipinski definition) is 2. The van der Waals surface area contributed by atoms with Crippen LogP contribution in [0.4, 0.5) is 0 Å². The van der Waals surface area contributed by atoms with Crippen molar-refractivity contribution in [1.82, 2.24) is 9.61 Å². The first-order valence-electron chi connectivity index (χ1n) is 4.56. The molecular formula is C10H13N3O. The third kappa shape index (κ3) is 1.38. The van der Waals surface area contributed by atoms with Crippen LogP contribution in [0.2, 0.25) is 0 Å². The zero-order chi connectivity index (χ0) is 10.1. The third-order valence-electron chi connectivity index (χ3n) is 2.25. The zero-order valence-electron chi connectivity index (χ0n) is 7.96. The van der Waals surface area contributed by atoms with Crippen molar-refractivity contribution in [3.8, 4) is 0 Å². The molecule has 14 heavy (non-hydrogen) atoms. The minimum Gasteiger partial charge on any atom is -0.385 e. The van der Waals surface area contributed by atoms with Gasteiger partial charge >= 0.3 is 0 Å². The summed E-state index contributed by atoms with van der Waals surface area (Å²) >= 11 is 0. The SMILES string of the molecule is CC(N)C(O)c1cccc2ccnn12. The molecule has 0 aliphatic heterocycles. The summed E-state index contributed by atoms with van der Waals surface area (Å²) in [6.07, 6.45) is 1.02. The molecule has 4 nitrogen and oxygen atoms in total. The van der Waals surface area contributed by atoms with E-state index in [-0.39, 0.29) is 6.04 Å². The van der Waals surface area contributed by atoms with Crippen LogP contribution < -0.4 is 5.73 Å². The number of nitrogens with two attached hydrogens (primary N) is 1. The summed E-state index contributed by atoms with van der Waals surface area (Å²) in [6, 6.07) is 7.23. The monoisotopic (exact) mass is 191 g/mol. The summed E-state index contributed by atoms with van der Waals surface area (Å²) in [4.78, 5) is 0. The Morgan fingerprint density at radius 1 is 1.43 bits per heavy atom. The van der Waals surface area contributed by atoms with Gasteiger partial charge in [-0.15, -0.1) is 0 Å². The minimum atomic E-state index is -0.682. The van der Waals surface area contributed by atoms with Crippen LogP contribution >= 0.6 is 0 Å². The summed E-state index contributed by atoms with van der Waals surface area (Å²) < 4.78 is 1.70. The number of nitrogens with zero attached hydrogens (tertiary/aromatic N) is 2. The molecule has 74 valence electrons. The molecular weight excluding hydrogens is 178 g/mol. The van der Waals surface area contributed by atoms with Gasteiger partial charge in [0.05, 0.1) is 11.2 Å². The fourth-order valence-electron chi connectivity index (χ4n) is 1.46. The number of pyridine rings is 1. The van der Waals surface area contributed by atoms with Crippen molar-refractivity contribution in [2.24, 2.45) is 5.73 Å². The summed E-state index contributed by atoms with van der Waals surface area (Å²) in [6.45, 7) is 1.77. The molecule has 0 fully saturated rings. The van der Waals surface area contributed by atoms with Crippen LogP contribution in [0.15, 0.2) is 30.5 Å². The van der Waals surface area contributed by atoms with E-state index in [1.807, 2.05) is 24.3 Å². The molecule has 2 heterocycles. The lowest BCUT2D eigenvalue weighted by Crippen LogP contribution is -2.26. The number of aliphatic hydroxyl groups excluding tert-OH is 1. The van der Waals surface area contributed by atoms with Gasteiger partial charge in [0.25, 0.3) is 0 Å². The topological polar surface area (TPSA) is 63.5 Å². The summed E-state index contributed by atoms with van der Waals surface area (Å²) in [5.74, 6) is 0. The Morgan fingerprint density at radius 3 is 2.93 bits per heavy atom. The highest BCUT2D eigenvalue weighted by atomic mass is 16.3. The smallest absolute Gasteiger partial charge is 0.111 e. The largest absolute Gasteiger partial charge is 0.385 e. The van der Waals surface area contributed by atoms with Gasteiger partial charge in [-0.2, -0.15) is 5.10 Å². The molecule has 2 aromatic heterocycles. The zero-order valence-corrected chi connectivity index (χ0v) is 7.96. The second kappa shape index (κ2) is 3.40. The van der Waals surface area contributed by atoms with Crippen LogP contribution in [-0.4, -0.2) is 20.8 Å². The standard InChI is InChI=1S/C10H13N3O/c1-7(11)10(14)9-4-2-3-8-5-6-12-13(8)9/h2-7,10,14H,11H2,1H3. The van der Waals surface area contributed by atoms with Gasteiger partial charge in [-0.3, -0.25) is 0 Å². The van der Waals surface area contributed by atoms with Crippen LogP contribution in [0.3, 0.4) is 0 Å². The van der Waals surface area contributed by atoms with Crippen molar-refractivity contribution < 1.29 is 5.11 Å². The minimum absolute atomic E-state index is 0.301. The molecule has 2 atom stereocenters. The first-order valence-corrected chi connectivity index (χ1v) is 4.56. The Bertz CT molecular complexity index is 436. The van der Waals surface area contributed by atoms with E-state index in [0.717, 1.165) is 11.2 Å². The van der Waals surface area contributed by atoms with Gasteiger partial charge < -0.3 is 10.8 Å². The van der Waals surface area contributed by atoms with Crippen LogP contribution in [0.25, 0.3) is 5.52 Å². The van der Waals surface area contributed by atoms with Gasteiger partial charge in [0, 0.05) is 12.2 Å². The maximum Gasteiger partial charge on any atom is 0.111 e. The maximum atomic E-state index is 9.83. The van der Waals surface area contributed by atoms with Crippen molar-refractivity contribution in [2.75, 3.05) is 0 Å². The lowest BCUT2D eigenvalue weighted by Gasteiger charge is -2.15. The molecule has 0 aliphatic carbocycles. The third-order valence-corrected chi connectivity index (χ3v) is 2.25. The van der Waals surface area contributed by atoms with Crippen molar-refractivity contribution in [1.29, 1.82) is 0 Å². The highest BCUT2D eigenvalue weighted by Crippen LogP contribution is 2.16. The van der Waals surface area contributed by atoms with E-state index < -0.39 is 6.10 Å². The van der Waals surface area contributed by atoms with Crippen LogP contribution in [0.1, 0.15) is 18.7 Å². The summed E-state index contributed by atoms with van der Waals surface area (Å²) in [7, 11) is 0. The molecule has 2 rings (SSSR count). The van der Waals surface area contributed by atoms with Gasteiger partial charge in [-0.25, -0.2) is 4.52 Å². The van der Waals surface area contributed by atoms with E-state index in [2.05, 4.69) is 5.10 Å². The molecule has 2 aromatic rings. The Hall–Kier alpha value is -1.39. The van der Waals surface area contributed by atoms with Crippen molar-refractivity contribution in [3.05, 3.63) is 36.2 Å². The van der Waals surface area contributed by atoms with E-state index in [0.29, 0.717) is 0 Å². The Morgan fingerprint density at radius 2 is 2.21 bits per heavy atom. The highest BCUT2D eigenvalue weighted by Gasteiger charge is 2.15. The normalized spacial score (nSPS) is 15.6. The van der Waals surface area contributed by atoms with Gasteiger partial charge in [-0.1, -0.05) is 6.07 Å². The summed E-state index contributed by atoms with van der Waals surface area (Å²) in [5.41, 5.74) is 7.32. The first kappa shape index (κ1) is 9.18. The quantitative estimate of drug-likeness (QED) is 0.735. The van der Waals surface area contributed by atoms with Crippen molar-refractivity contribution in [2.45, 2.75) is 19.1 Å². The molecule has 0 aromatic carbocycles. The number of aliphatic hydroxyl groups is 1. The second-order valence-corrected chi connectivity index (χ2v) is 3.42.